The van der Waals surface area contributed by atoms with E-state index in [1.54, 1.807) is 0 Å². The molecule has 2 nitrogen and oxygen atoms in total. The predicted octanol–water partition coefficient (Wildman–Crippen LogP) is 3.56. The average Bonchev–Trinajstić information content (AvgIpc) is 2.49. The molecule has 110 valence electrons. The monoisotopic (exact) mass is 273 g/mol. The standard InChI is InChI=1S/C18H27NO/c1-16-8-11-18(15-20,12-9-16)14-19(2)13-10-17-6-4-3-5-7-17/h3-7,15-16H,8-14H2,1-2H3. The summed E-state index contributed by atoms with van der Waals surface area (Å²) < 4.78 is 0. The molecule has 0 N–H and O–H groups in total. The maximum absolute atomic E-state index is 11.6. The molecule has 1 fully saturated rings. The Morgan fingerprint density at radius 1 is 1.25 bits per heavy atom. The first-order valence-electron chi connectivity index (χ1n) is 7.82. The van der Waals surface area contributed by atoms with Crippen LogP contribution in [0.2, 0.25) is 0 Å². The zero-order valence-corrected chi connectivity index (χ0v) is 12.8. The molecule has 1 saturated carbocycles. The Morgan fingerprint density at radius 2 is 1.90 bits per heavy atom. The van der Waals surface area contributed by atoms with Gasteiger partial charge >= 0.3 is 0 Å². The van der Waals surface area contributed by atoms with Crippen molar-refractivity contribution in [3.63, 3.8) is 0 Å². The fourth-order valence-corrected chi connectivity index (χ4v) is 3.23. The van der Waals surface area contributed by atoms with E-state index in [4.69, 9.17) is 0 Å². The number of hydrogen-bond donors (Lipinski definition) is 0. The van der Waals surface area contributed by atoms with Gasteiger partial charge in [-0.25, -0.2) is 0 Å². The van der Waals surface area contributed by atoms with Gasteiger partial charge in [-0.2, -0.15) is 0 Å². The summed E-state index contributed by atoms with van der Waals surface area (Å²) in [6, 6.07) is 10.6. The van der Waals surface area contributed by atoms with Gasteiger partial charge in [-0.3, -0.25) is 0 Å². The summed E-state index contributed by atoms with van der Waals surface area (Å²) in [4.78, 5) is 13.9. The summed E-state index contributed by atoms with van der Waals surface area (Å²) in [6.07, 6.45) is 6.82. The first kappa shape index (κ1) is 15.2. The summed E-state index contributed by atoms with van der Waals surface area (Å²) >= 11 is 0. The van der Waals surface area contributed by atoms with Gasteiger partial charge in [0, 0.05) is 18.5 Å². The highest BCUT2D eigenvalue weighted by Crippen LogP contribution is 2.37. The van der Waals surface area contributed by atoms with Gasteiger partial charge in [0.1, 0.15) is 6.29 Å². The second-order valence-electron chi connectivity index (χ2n) is 6.64. The highest BCUT2D eigenvalue weighted by Gasteiger charge is 2.34. The lowest BCUT2D eigenvalue weighted by molar-refractivity contribution is -0.119. The number of likely N-dealkylation sites (N-methyl/N-ethyl adjacent to an activating group) is 1. The van der Waals surface area contributed by atoms with E-state index in [0.29, 0.717) is 0 Å². The van der Waals surface area contributed by atoms with Crippen LogP contribution in [0.15, 0.2) is 30.3 Å². The largest absolute Gasteiger partial charge is 0.305 e. The average molecular weight is 273 g/mol. The highest BCUT2D eigenvalue weighted by atomic mass is 16.1. The van der Waals surface area contributed by atoms with Crippen LogP contribution in [0.25, 0.3) is 0 Å². The van der Waals surface area contributed by atoms with E-state index in [1.165, 1.54) is 24.7 Å². The van der Waals surface area contributed by atoms with Gasteiger partial charge in [-0.15, -0.1) is 0 Å². The predicted molar refractivity (Wildman–Crippen MR) is 83.8 cm³/mol. The molecule has 2 rings (SSSR count). The highest BCUT2D eigenvalue weighted by molar-refractivity contribution is 5.60. The summed E-state index contributed by atoms with van der Waals surface area (Å²) in [5, 5.41) is 0. The number of carbonyl (C=O) groups excluding carboxylic acids is 1. The number of benzene rings is 1. The zero-order valence-electron chi connectivity index (χ0n) is 12.8. The molecule has 20 heavy (non-hydrogen) atoms. The van der Waals surface area contributed by atoms with Crippen molar-refractivity contribution in [2.24, 2.45) is 11.3 Å². The normalized spacial score (nSPS) is 26.6. The lowest BCUT2D eigenvalue weighted by Gasteiger charge is -2.37. The minimum atomic E-state index is -0.0854. The van der Waals surface area contributed by atoms with Crippen molar-refractivity contribution in [2.75, 3.05) is 20.1 Å². The van der Waals surface area contributed by atoms with Gasteiger partial charge in [0.05, 0.1) is 0 Å². The van der Waals surface area contributed by atoms with Gasteiger partial charge < -0.3 is 9.69 Å². The van der Waals surface area contributed by atoms with Crippen LogP contribution in [0.3, 0.4) is 0 Å². The minimum absolute atomic E-state index is 0.0854. The molecule has 0 saturated heterocycles. The number of aldehydes is 1. The Labute approximate surface area is 123 Å². The lowest BCUT2D eigenvalue weighted by Crippen LogP contribution is -2.40. The maximum Gasteiger partial charge on any atom is 0.127 e. The molecule has 0 spiro atoms. The van der Waals surface area contributed by atoms with Crippen LogP contribution in [0.4, 0.5) is 0 Å². The van der Waals surface area contributed by atoms with Crippen LogP contribution in [-0.2, 0) is 11.2 Å². The van der Waals surface area contributed by atoms with E-state index in [9.17, 15) is 4.79 Å². The number of hydrogen-bond acceptors (Lipinski definition) is 2. The summed E-state index contributed by atoms with van der Waals surface area (Å²) in [5.41, 5.74) is 1.29. The van der Waals surface area contributed by atoms with Gasteiger partial charge in [-0.05, 0) is 50.6 Å². The number of carbonyl (C=O) groups is 1. The third-order valence-electron chi connectivity index (χ3n) is 4.73. The molecule has 1 aliphatic carbocycles. The zero-order chi connectivity index (χ0) is 14.4. The Morgan fingerprint density at radius 3 is 2.50 bits per heavy atom. The second-order valence-corrected chi connectivity index (χ2v) is 6.64. The quantitative estimate of drug-likeness (QED) is 0.739. The maximum atomic E-state index is 11.6. The van der Waals surface area contributed by atoms with Crippen molar-refractivity contribution in [3.05, 3.63) is 35.9 Å². The number of nitrogens with zero attached hydrogens (tertiary/aromatic N) is 1. The van der Waals surface area contributed by atoms with E-state index >= 15 is 0 Å². The van der Waals surface area contributed by atoms with Crippen molar-refractivity contribution in [3.8, 4) is 0 Å². The van der Waals surface area contributed by atoms with Crippen molar-refractivity contribution < 1.29 is 4.79 Å². The van der Waals surface area contributed by atoms with E-state index in [-0.39, 0.29) is 5.41 Å². The third kappa shape index (κ3) is 4.17. The Bertz CT molecular complexity index is 407. The second kappa shape index (κ2) is 7.03. The molecule has 0 radical (unpaired) electrons. The van der Waals surface area contributed by atoms with Crippen molar-refractivity contribution in [2.45, 2.75) is 39.0 Å². The molecule has 0 amide bonds. The molecule has 1 aromatic carbocycles. The summed E-state index contributed by atoms with van der Waals surface area (Å²) in [6.45, 7) is 4.24. The summed E-state index contributed by atoms with van der Waals surface area (Å²) in [7, 11) is 2.15. The topological polar surface area (TPSA) is 20.3 Å². The van der Waals surface area contributed by atoms with Gasteiger partial charge in [-0.1, -0.05) is 37.3 Å². The molecule has 0 aliphatic heterocycles. The van der Waals surface area contributed by atoms with Crippen LogP contribution >= 0.6 is 0 Å². The SMILES string of the molecule is CC1CCC(C=O)(CN(C)CCc2ccccc2)CC1. The van der Waals surface area contributed by atoms with Crippen LogP contribution < -0.4 is 0 Å². The number of rotatable bonds is 6. The first-order chi connectivity index (χ1) is 9.63. The van der Waals surface area contributed by atoms with E-state index in [2.05, 4.69) is 49.2 Å². The minimum Gasteiger partial charge on any atom is -0.305 e. The molecule has 0 unspecified atom stereocenters. The molecule has 1 aromatic rings. The summed E-state index contributed by atoms with van der Waals surface area (Å²) in [5.74, 6) is 0.790. The fourth-order valence-electron chi connectivity index (χ4n) is 3.23. The molecule has 0 aromatic heterocycles. The van der Waals surface area contributed by atoms with Crippen molar-refractivity contribution >= 4 is 6.29 Å². The van der Waals surface area contributed by atoms with E-state index < -0.39 is 0 Å². The van der Waals surface area contributed by atoms with Crippen LogP contribution in [-0.4, -0.2) is 31.3 Å². The van der Waals surface area contributed by atoms with Gasteiger partial charge in [0.15, 0.2) is 0 Å². The Hall–Kier alpha value is -1.15. The molecule has 0 atom stereocenters. The van der Waals surface area contributed by atoms with E-state index in [0.717, 1.165) is 38.3 Å². The molecular weight excluding hydrogens is 246 g/mol. The first-order valence-corrected chi connectivity index (χ1v) is 7.82. The van der Waals surface area contributed by atoms with Gasteiger partial charge in [0.2, 0.25) is 0 Å². The van der Waals surface area contributed by atoms with Crippen molar-refractivity contribution in [1.29, 1.82) is 0 Å². The third-order valence-corrected chi connectivity index (χ3v) is 4.73. The molecule has 0 heterocycles. The van der Waals surface area contributed by atoms with E-state index in [1.807, 2.05) is 0 Å². The molecule has 2 heteroatoms. The van der Waals surface area contributed by atoms with Crippen LogP contribution in [0.1, 0.15) is 38.2 Å². The van der Waals surface area contributed by atoms with Gasteiger partial charge in [0.25, 0.3) is 0 Å². The lowest BCUT2D eigenvalue weighted by atomic mass is 9.71. The van der Waals surface area contributed by atoms with Crippen molar-refractivity contribution in [1.82, 2.24) is 4.90 Å². The molecule has 0 bridgehead atoms. The Kier molecular flexibility index (Phi) is 5.36. The molecular formula is C18H27NO. The van der Waals surface area contributed by atoms with Crippen LogP contribution in [0.5, 0.6) is 0 Å². The molecule has 1 aliphatic rings. The Balaban J connectivity index is 1.83. The smallest absolute Gasteiger partial charge is 0.127 e. The fraction of sp³-hybridized carbons (Fsp3) is 0.611. The van der Waals surface area contributed by atoms with Crippen LogP contribution in [0, 0.1) is 11.3 Å².